The molecule has 0 aliphatic carbocycles. The number of hydrogen-bond acceptors (Lipinski definition) is 3. The van der Waals surface area contributed by atoms with Gasteiger partial charge < -0.3 is 10.3 Å². The van der Waals surface area contributed by atoms with Gasteiger partial charge in [-0.1, -0.05) is 35.9 Å². The fourth-order valence-electron chi connectivity index (χ4n) is 2.92. The lowest BCUT2D eigenvalue weighted by molar-refractivity contribution is -0.116. The van der Waals surface area contributed by atoms with Gasteiger partial charge in [-0.05, 0) is 37.3 Å². The minimum atomic E-state index is -0.162. The van der Waals surface area contributed by atoms with Gasteiger partial charge in [0.2, 0.25) is 5.91 Å². The lowest BCUT2D eigenvalue weighted by Crippen LogP contribution is -2.19. The number of amides is 1. The first-order valence-corrected chi connectivity index (χ1v) is 8.61. The molecule has 0 fully saturated rings. The molecular formula is C19H17N5OS. The largest absolute Gasteiger partial charge is 0.361 e. The Morgan fingerprint density at radius 2 is 2.00 bits per heavy atom. The number of hydrogen-bond donors (Lipinski definition) is 3. The van der Waals surface area contributed by atoms with Crippen LogP contribution in [0.25, 0.3) is 22.3 Å². The Bertz CT molecular complexity index is 1140. The van der Waals surface area contributed by atoms with Crippen LogP contribution < -0.4 is 5.32 Å². The molecule has 0 atom stereocenters. The number of benzene rings is 2. The van der Waals surface area contributed by atoms with E-state index >= 15 is 0 Å². The van der Waals surface area contributed by atoms with Crippen molar-refractivity contribution < 1.29 is 4.79 Å². The maximum Gasteiger partial charge on any atom is 0.244 e. The van der Waals surface area contributed by atoms with E-state index in [1.54, 1.807) is 4.57 Å². The van der Waals surface area contributed by atoms with E-state index in [0.717, 1.165) is 27.7 Å². The van der Waals surface area contributed by atoms with Gasteiger partial charge in [-0.2, -0.15) is 5.10 Å². The number of fused-ring (bicyclic) bond motifs is 1. The summed E-state index contributed by atoms with van der Waals surface area (Å²) in [5, 5.41) is 11.0. The molecule has 0 aliphatic rings. The van der Waals surface area contributed by atoms with E-state index in [0.29, 0.717) is 10.6 Å². The van der Waals surface area contributed by atoms with Gasteiger partial charge in [-0.3, -0.25) is 14.5 Å². The molecule has 2 heterocycles. The van der Waals surface area contributed by atoms with Gasteiger partial charge in [-0.25, -0.2) is 0 Å². The molecule has 130 valence electrons. The molecule has 0 radical (unpaired) electrons. The Kier molecular flexibility index (Phi) is 4.14. The predicted molar refractivity (Wildman–Crippen MR) is 105 cm³/mol. The number of carbonyl (C=O) groups is 1. The van der Waals surface area contributed by atoms with Crippen molar-refractivity contribution in [3.63, 3.8) is 0 Å². The second-order valence-electron chi connectivity index (χ2n) is 6.10. The molecule has 26 heavy (non-hydrogen) atoms. The number of aryl methyl sites for hydroxylation is 1. The summed E-state index contributed by atoms with van der Waals surface area (Å²) in [5.41, 5.74) is 3.80. The van der Waals surface area contributed by atoms with Crippen LogP contribution in [-0.2, 0) is 11.3 Å². The fourth-order valence-corrected chi connectivity index (χ4v) is 3.11. The van der Waals surface area contributed by atoms with Crippen molar-refractivity contribution in [2.75, 3.05) is 5.32 Å². The summed E-state index contributed by atoms with van der Waals surface area (Å²) in [6, 6.07) is 15.6. The van der Waals surface area contributed by atoms with Crippen LogP contribution in [0.2, 0.25) is 0 Å². The summed E-state index contributed by atoms with van der Waals surface area (Å²) in [5.74, 6) is 0.481. The quantitative estimate of drug-likeness (QED) is 0.479. The molecule has 0 aliphatic heterocycles. The van der Waals surface area contributed by atoms with Crippen molar-refractivity contribution in [2.24, 2.45) is 0 Å². The lowest BCUT2D eigenvalue weighted by Gasteiger charge is -2.09. The van der Waals surface area contributed by atoms with Crippen molar-refractivity contribution in [1.29, 1.82) is 0 Å². The summed E-state index contributed by atoms with van der Waals surface area (Å²) in [6.07, 6.45) is 1.85. The van der Waals surface area contributed by atoms with Gasteiger partial charge in [0.15, 0.2) is 10.6 Å². The Morgan fingerprint density at radius 3 is 2.81 bits per heavy atom. The molecule has 3 N–H and O–H groups in total. The summed E-state index contributed by atoms with van der Waals surface area (Å²) >= 11 is 5.30. The van der Waals surface area contributed by atoms with Crippen LogP contribution >= 0.6 is 12.2 Å². The number of carbonyl (C=O) groups excluding carboxylic acids is 1. The highest BCUT2D eigenvalue weighted by molar-refractivity contribution is 7.71. The van der Waals surface area contributed by atoms with Crippen LogP contribution in [-0.4, -0.2) is 25.7 Å². The van der Waals surface area contributed by atoms with Gasteiger partial charge in [0.05, 0.1) is 5.69 Å². The molecule has 0 bridgehead atoms. The van der Waals surface area contributed by atoms with E-state index in [4.69, 9.17) is 12.2 Å². The van der Waals surface area contributed by atoms with Crippen molar-refractivity contribution in [3.8, 4) is 11.4 Å². The zero-order valence-electron chi connectivity index (χ0n) is 14.1. The monoisotopic (exact) mass is 363 g/mol. The van der Waals surface area contributed by atoms with Crippen LogP contribution in [0.1, 0.15) is 5.56 Å². The molecule has 6 nitrogen and oxygen atoms in total. The van der Waals surface area contributed by atoms with E-state index in [2.05, 4.69) is 20.5 Å². The third-order valence-corrected chi connectivity index (χ3v) is 4.55. The van der Waals surface area contributed by atoms with Gasteiger partial charge in [0.1, 0.15) is 6.54 Å². The third-order valence-electron chi connectivity index (χ3n) is 4.24. The highest BCUT2D eigenvalue weighted by atomic mass is 32.1. The van der Waals surface area contributed by atoms with E-state index in [1.165, 1.54) is 0 Å². The van der Waals surface area contributed by atoms with Crippen LogP contribution in [0.3, 0.4) is 0 Å². The number of anilines is 1. The first-order valence-electron chi connectivity index (χ1n) is 8.20. The SMILES string of the molecule is Cc1ccc(-c2n[nH]c(=S)n2CC(=O)Nc2cccc3[nH]ccc23)cc1. The van der Waals surface area contributed by atoms with E-state index < -0.39 is 0 Å². The maximum absolute atomic E-state index is 12.6. The van der Waals surface area contributed by atoms with E-state index in [-0.39, 0.29) is 12.5 Å². The van der Waals surface area contributed by atoms with Crippen LogP contribution in [0, 0.1) is 11.7 Å². The second kappa shape index (κ2) is 6.61. The molecule has 7 heteroatoms. The summed E-state index contributed by atoms with van der Waals surface area (Å²) < 4.78 is 2.11. The molecule has 0 spiro atoms. The molecule has 1 amide bonds. The highest BCUT2D eigenvalue weighted by Crippen LogP contribution is 2.23. The summed E-state index contributed by atoms with van der Waals surface area (Å²) in [6.45, 7) is 2.11. The zero-order chi connectivity index (χ0) is 18.1. The maximum atomic E-state index is 12.6. The number of nitrogens with one attached hydrogen (secondary N) is 3. The highest BCUT2D eigenvalue weighted by Gasteiger charge is 2.13. The lowest BCUT2D eigenvalue weighted by atomic mass is 10.1. The Hall–Kier alpha value is -3.19. The van der Waals surface area contributed by atoms with Gasteiger partial charge in [0, 0.05) is 22.7 Å². The average Bonchev–Trinajstić information content (AvgIpc) is 3.24. The smallest absolute Gasteiger partial charge is 0.244 e. The predicted octanol–water partition coefficient (Wildman–Crippen LogP) is 4.04. The minimum absolute atomic E-state index is 0.0827. The summed E-state index contributed by atoms with van der Waals surface area (Å²) in [4.78, 5) is 15.7. The molecule has 4 rings (SSSR count). The van der Waals surface area contributed by atoms with E-state index in [9.17, 15) is 4.79 Å². The molecule has 0 unspecified atom stereocenters. The first kappa shape index (κ1) is 16.3. The minimum Gasteiger partial charge on any atom is -0.361 e. The molecule has 2 aromatic heterocycles. The number of H-pyrrole nitrogens is 2. The summed E-state index contributed by atoms with van der Waals surface area (Å²) in [7, 11) is 0. The Morgan fingerprint density at radius 1 is 1.19 bits per heavy atom. The molecule has 0 saturated heterocycles. The molecule has 0 saturated carbocycles. The third kappa shape index (κ3) is 3.04. The normalized spacial score (nSPS) is 11.0. The Labute approximate surface area is 154 Å². The number of aromatic nitrogens is 4. The molecular weight excluding hydrogens is 346 g/mol. The van der Waals surface area contributed by atoms with Crippen molar-refractivity contribution in [2.45, 2.75) is 13.5 Å². The number of nitrogens with zero attached hydrogens (tertiary/aromatic N) is 2. The average molecular weight is 363 g/mol. The van der Waals surface area contributed by atoms with Gasteiger partial charge in [0.25, 0.3) is 0 Å². The number of aromatic amines is 2. The van der Waals surface area contributed by atoms with Crippen molar-refractivity contribution >= 4 is 34.7 Å². The van der Waals surface area contributed by atoms with Crippen LogP contribution in [0.5, 0.6) is 0 Å². The van der Waals surface area contributed by atoms with E-state index in [1.807, 2.05) is 61.7 Å². The number of rotatable bonds is 4. The molecule has 2 aromatic carbocycles. The van der Waals surface area contributed by atoms with Gasteiger partial charge in [-0.15, -0.1) is 0 Å². The standard InChI is InChI=1S/C19H17N5OS/c1-12-5-7-13(8-6-12)18-22-23-19(26)24(18)11-17(25)21-16-4-2-3-15-14(16)9-10-20-15/h2-10,20H,11H2,1H3,(H,21,25)(H,23,26). The fraction of sp³-hybridized carbons (Fsp3) is 0.105. The van der Waals surface area contributed by atoms with Crippen molar-refractivity contribution in [1.82, 2.24) is 19.7 Å². The topological polar surface area (TPSA) is 78.5 Å². The van der Waals surface area contributed by atoms with Crippen LogP contribution in [0.4, 0.5) is 5.69 Å². The van der Waals surface area contributed by atoms with Gasteiger partial charge >= 0.3 is 0 Å². The first-order chi connectivity index (χ1) is 12.6. The molecule has 4 aromatic rings. The zero-order valence-corrected chi connectivity index (χ0v) is 14.9. The second-order valence-corrected chi connectivity index (χ2v) is 6.48. The van der Waals surface area contributed by atoms with Crippen molar-refractivity contribution in [3.05, 3.63) is 65.1 Å². The van der Waals surface area contributed by atoms with Crippen LogP contribution in [0.15, 0.2) is 54.7 Å². The Balaban J connectivity index is 1.60.